The van der Waals surface area contributed by atoms with E-state index in [1.807, 2.05) is 81.1 Å². The SMILES string of the molecule is CCOC(=O)c1cnn2c(NC)cc(-c3cn([C@@H]4CCCCO4)c4ncccc34)nc12.CNc1cc(-c2cn([C@@H]3CCCOC3)c3ncccc23)nc2c(C(=O)NC3CC[C@H]3O)cnn12.CNc1cc(-c2cn([C@@H]3CCCOC3)c3ncccc23)nc2c(C(=O)O)cnn12.NC1CC[C@H]1O. The summed E-state index contributed by atoms with van der Waals surface area (Å²) in [5.74, 6) is 0.305. The predicted octanol–water partition coefficient (Wildman–Crippen LogP) is 8.36. The zero-order chi connectivity index (χ0) is 69.1. The van der Waals surface area contributed by atoms with Gasteiger partial charge in [-0.15, -0.1) is 0 Å². The molecule has 2 saturated carbocycles. The minimum atomic E-state index is -1.06. The number of aliphatic hydroxyl groups excluding tert-OH is 2. The van der Waals surface area contributed by atoms with Crippen LogP contribution >= 0.6 is 0 Å². The Kier molecular flexibility index (Phi) is 19.4. The van der Waals surface area contributed by atoms with Gasteiger partial charge in [0.2, 0.25) is 0 Å². The molecule has 0 spiro atoms. The number of aromatic carboxylic acids is 1. The summed E-state index contributed by atoms with van der Waals surface area (Å²) in [4.78, 5) is 65.2. The number of hydrogen-bond acceptors (Lipinski definition) is 22. The first kappa shape index (κ1) is 66.7. The number of nitrogens with zero attached hydrogens (tertiary/aromatic N) is 15. The number of rotatable bonds is 14. The summed E-state index contributed by atoms with van der Waals surface area (Å²) in [6.07, 6.45) is 25.8. The highest BCUT2D eigenvalue weighted by Crippen LogP contribution is 2.39. The van der Waals surface area contributed by atoms with Crippen LogP contribution in [0.1, 0.15) is 127 Å². The number of hydrogen-bond donors (Lipinski definition) is 8. The molecular formula is C70H80N20O10. The molecule has 2 unspecified atom stereocenters. The number of nitrogens with two attached hydrogens (primary N) is 1. The predicted molar refractivity (Wildman–Crippen MR) is 373 cm³/mol. The molecule has 30 nitrogen and oxygen atoms in total. The molecule has 0 bridgehead atoms. The van der Waals surface area contributed by atoms with Gasteiger partial charge in [-0.3, -0.25) is 4.79 Å². The van der Waals surface area contributed by atoms with Gasteiger partial charge < -0.3 is 75.0 Å². The fraction of sp³-hybridized carbons (Fsp3) is 0.400. The number of anilines is 3. The van der Waals surface area contributed by atoms with E-state index >= 15 is 0 Å². The van der Waals surface area contributed by atoms with E-state index in [-0.39, 0.29) is 54.6 Å². The number of amides is 1. The first-order valence-electron chi connectivity index (χ1n) is 34.0. The van der Waals surface area contributed by atoms with Crippen molar-refractivity contribution in [1.29, 1.82) is 0 Å². The van der Waals surface area contributed by atoms with Crippen molar-refractivity contribution in [2.24, 2.45) is 5.73 Å². The number of aliphatic hydroxyl groups is 2. The molecule has 100 heavy (non-hydrogen) atoms. The molecule has 520 valence electrons. The van der Waals surface area contributed by atoms with Crippen LogP contribution in [0.5, 0.6) is 0 Å². The number of esters is 1. The van der Waals surface area contributed by atoms with Gasteiger partial charge in [-0.2, -0.15) is 28.8 Å². The van der Waals surface area contributed by atoms with Crippen LogP contribution in [0.4, 0.5) is 17.5 Å². The van der Waals surface area contributed by atoms with Crippen LogP contribution < -0.4 is 27.0 Å². The molecule has 17 rings (SSSR count). The Hall–Kier alpha value is -10.5. The normalized spacial score (nSPS) is 20.5. The first-order valence-corrected chi connectivity index (χ1v) is 34.0. The second-order valence-electron chi connectivity index (χ2n) is 25.3. The zero-order valence-electron chi connectivity index (χ0n) is 55.9. The molecule has 9 N–H and O–H groups in total. The highest BCUT2D eigenvalue weighted by Gasteiger charge is 2.33. The van der Waals surface area contributed by atoms with Gasteiger partial charge in [0.05, 0.1) is 85.8 Å². The fourth-order valence-corrected chi connectivity index (χ4v) is 13.4. The van der Waals surface area contributed by atoms with Crippen LogP contribution in [0.2, 0.25) is 0 Å². The van der Waals surface area contributed by atoms with Crippen molar-refractivity contribution in [3.05, 3.63) is 127 Å². The van der Waals surface area contributed by atoms with Gasteiger partial charge in [-0.1, -0.05) is 0 Å². The van der Waals surface area contributed by atoms with E-state index in [9.17, 15) is 24.6 Å². The average molecular weight is 1360 g/mol. The van der Waals surface area contributed by atoms with Gasteiger partial charge in [-0.25, -0.2) is 39.5 Å². The molecule has 15 heterocycles. The molecule has 3 aliphatic heterocycles. The summed E-state index contributed by atoms with van der Waals surface area (Å²) in [5.41, 5.74) is 14.7. The number of fused-ring (bicyclic) bond motifs is 6. The number of ether oxygens (including phenoxy) is 4. The van der Waals surface area contributed by atoms with Crippen molar-refractivity contribution in [3.8, 4) is 33.8 Å². The van der Waals surface area contributed by atoms with E-state index in [0.717, 1.165) is 145 Å². The van der Waals surface area contributed by atoms with E-state index in [1.54, 1.807) is 41.6 Å². The number of carbonyl (C=O) groups excluding carboxylic acids is 2. The van der Waals surface area contributed by atoms with Crippen LogP contribution in [0.15, 0.2) is 110 Å². The van der Waals surface area contributed by atoms with Gasteiger partial charge >= 0.3 is 11.9 Å². The van der Waals surface area contributed by atoms with Gasteiger partial charge in [-0.05, 0) is 114 Å². The maximum atomic E-state index is 13.0. The monoisotopic (exact) mass is 1360 g/mol. The highest BCUT2D eigenvalue weighted by atomic mass is 16.5. The fourth-order valence-electron chi connectivity index (χ4n) is 13.4. The average Bonchev–Trinajstić information content (AvgIpc) is 1.61. The molecule has 5 fully saturated rings. The Morgan fingerprint density at radius 2 is 1.02 bits per heavy atom. The summed E-state index contributed by atoms with van der Waals surface area (Å²) in [6, 6.07) is 17.8. The van der Waals surface area contributed by atoms with Crippen LogP contribution in [-0.4, -0.2) is 191 Å². The molecule has 0 radical (unpaired) electrons. The lowest BCUT2D eigenvalue weighted by Crippen LogP contribution is -2.50. The quantitative estimate of drug-likeness (QED) is 0.0474. The second-order valence-corrected chi connectivity index (χ2v) is 25.3. The van der Waals surface area contributed by atoms with E-state index in [1.165, 1.54) is 23.1 Å². The summed E-state index contributed by atoms with van der Waals surface area (Å²) in [5, 5.41) is 56.1. The second kappa shape index (κ2) is 29.1. The van der Waals surface area contributed by atoms with E-state index in [4.69, 9.17) is 39.8 Å². The van der Waals surface area contributed by atoms with Crippen molar-refractivity contribution >= 4 is 85.3 Å². The zero-order valence-corrected chi connectivity index (χ0v) is 55.9. The maximum Gasteiger partial charge on any atom is 0.343 e. The summed E-state index contributed by atoms with van der Waals surface area (Å²) >= 11 is 0. The minimum Gasteiger partial charge on any atom is -0.477 e. The molecular weight excluding hydrogens is 1280 g/mol. The van der Waals surface area contributed by atoms with Crippen molar-refractivity contribution in [1.82, 2.24) is 77.8 Å². The number of carboxylic acid groups (broad SMARTS) is 1. The van der Waals surface area contributed by atoms with Crippen LogP contribution in [-0.2, 0) is 18.9 Å². The molecule has 12 aromatic heterocycles. The van der Waals surface area contributed by atoms with Gasteiger partial charge in [0.25, 0.3) is 5.91 Å². The number of nitrogens with one attached hydrogen (secondary N) is 4. The standard InChI is InChI=1S/C24H27N7O3.C22H24N6O3.C20H20N6O3.C4H9NO/c1-25-21-10-19(28-23-16(11-27-31(21)23)24(33)29-18-6-7-20(18)32)17-12-30(14-4-3-9-34-13-14)22-15(17)5-2-8-26-22;1-3-30-22(29)15-12-25-28-18(23-2)11-17(26-21(15)28)16-13-27(19-8-4-5-10-31-19)20-14(16)7-6-9-24-20;1-21-17-8-16(24-19-14(20(27)28)9-23-26(17)19)15-10-25(12-4-3-7-29-11-12)18-13(15)5-2-6-22-18;5-3-1-2-4(3)6/h2,5,8,10-12,14,18,20,25,32H,3-4,6-7,9,13H2,1H3,(H,29,33);6-7,9,11-13,19,23H,3-5,8,10H2,1-2H3;2,5-6,8-10,12,21H,3-4,7,11H2,1H3,(H,27,28);3-4,6H,1-2,5H2/t14-,18?,20-;19-;12-;3?,4-/m1011/s1. The van der Waals surface area contributed by atoms with E-state index in [0.29, 0.717) is 70.9 Å². The Morgan fingerprint density at radius 1 is 0.560 bits per heavy atom. The number of carbonyl (C=O) groups is 3. The molecule has 3 saturated heterocycles. The molecule has 30 heteroatoms. The smallest absolute Gasteiger partial charge is 0.343 e. The molecule has 5 aliphatic rings. The van der Waals surface area contributed by atoms with Crippen molar-refractivity contribution in [3.63, 3.8) is 0 Å². The Morgan fingerprint density at radius 3 is 1.42 bits per heavy atom. The molecule has 12 aromatic rings. The number of aromatic nitrogens is 15. The Balaban J connectivity index is 0.000000123. The van der Waals surface area contributed by atoms with E-state index in [2.05, 4.69) is 76.4 Å². The van der Waals surface area contributed by atoms with Crippen LogP contribution in [0.25, 0.3) is 83.8 Å². The lowest BCUT2D eigenvalue weighted by atomic mass is 9.89. The highest BCUT2D eigenvalue weighted by molar-refractivity contribution is 6.02. The van der Waals surface area contributed by atoms with Crippen molar-refractivity contribution < 1.29 is 48.7 Å². The maximum absolute atomic E-state index is 13.0. The minimum absolute atomic E-state index is 0.0440. The largest absolute Gasteiger partial charge is 0.477 e. The third kappa shape index (κ3) is 13.0. The topological polar surface area (TPSA) is 367 Å². The third-order valence-electron chi connectivity index (χ3n) is 19.1. The molecule has 2 aliphatic carbocycles. The lowest BCUT2D eigenvalue weighted by Gasteiger charge is -2.32. The van der Waals surface area contributed by atoms with Crippen molar-refractivity contribution in [2.45, 2.75) is 120 Å². The van der Waals surface area contributed by atoms with Gasteiger partial charge in [0, 0.05) is 135 Å². The number of carboxylic acids is 1. The molecule has 7 atom stereocenters. The molecule has 0 aromatic carbocycles. The molecule has 1 amide bonds. The van der Waals surface area contributed by atoms with E-state index < -0.39 is 18.0 Å². The lowest BCUT2D eigenvalue weighted by molar-refractivity contribution is -0.0294. The first-order chi connectivity index (χ1) is 48.8. The van der Waals surface area contributed by atoms with Crippen molar-refractivity contribution in [2.75, 3.05) is 76.7 Å². The summed E-state index contributed by atoms with van der Waals surface area (Å²) in [7, 11) is 5.39. The number of pyridine rings is 3. The summed E-state index contributed by atoms with van der Waals surface area (Å²) in [6.45, 7) is 5.71. The summed E-state index contributed by atoms with van der Waals surface area (Å²) < 4.78 is 33.8. The van der Waals surface area contributed by atoms with Gasteiger partial charge in [0.1, 0.15) is 57.3 Å². The van der Waals surface area contributed by atoms with Gasteiger partial charge in [0.15, 0.2) is 16.9 Å². The van der Waals surface area contributed by atoms with Crippen LogP contribution in [0.3, 0.4) is 0 Å². The Bertz CT molecular complexity index is 4950. The Labute approximate surface area is 572 Å². The van der Waals surface area contributed by atoms with Crippen LogP contribution in [0, 0.1) is 0 Å². The third-order valence-corrected chi connectivity index (χ3v) is 19.1.